The molecule has 1 rings (SSSR count). The maximum absolute atomic E-state index is 5.23. The Morgan fingerprint density at radius 1 is 1.30 bits per heavy atom. The van der Waals surface area contributed by atoms with E-state index in [2.05, 4.69) is 10.2 Å². The van der Waals surface area contributed by atoms with Crippen molar-refractivity contribution < 1.29 is 0 Å². The molecular formula is C3H9Cl3N4. The van der Waals surface area contributed by atoms with Gasteiger partial charge in [0.05, 0.1) is 6.20 Å². The van der Waals surface area contributed by atoms with Gasteiger partial charge in [0.1, 0.15) is 6.67 Å². The molecule has 0 spiro atoms. The third kappa shape index (κ3) is 6.10. The molecule has 1 aliphatic heterocycles. The van der Waals surface area contributed by atoms with Gasteiger partial charge in [-0.25, -0.2) is 5.84 Å². The fraction of sp³-hybridized carbons (Fsp3) is 0.333. The van der Waals surface area contributed by atoms with Crippen LogP contribution in [-0.2, 0) is 0 Å². The molecule has 0 aromatic carbocycles. The van der Waals surface area contributed by atoms with Crippen LogP contribution >= 0.6 is 37.2 Å². The molecule has 0 radical (unpaired) electrons. The lowest BCUT2D eigenvalue weighted by molar-refractivity contribution is 0.388. The maximum atomic E-state index is 5.23. The first kappa shape index (κ1) is 16.5. The number of nitrogens with zero attached hydrogens (tertiary/aromatic N) is 3. The lowest BCUT2D eigenvalue weighted by Gasteiger charge is -2.09. The number of hydrazine groups is 1. The summed E-state index contributed by atoms with van der Waals surface area (Å²) in [7, 11) is 0. The monoisotopic (exact) mass is 206 g/mol. The third-order valence-corrected chi connectivity index (χ3v) is 0.633. The Hall–Kier alpha value is -0.0300. The summed E-state index contributed by atoms with van der Waals surface area (Å²) in [5, 5.41) is 8.60. The summed E-state index contributed by atoms with van der Waals surface area (Å²) in [5.74, 6) is 5.23. The van der Waals surface area contributed by atoms with Crippen LogP contribution in [0.15, 0.2) is 22.6 Å². The standard InChI is InChI=1S/C3H6N4.3ClH/c4-7-2-1-5-6-3-7;;;/h1-2H,3-4H2;3*1H. The minimum absolute atomic E-state index is 0. The van der Waals surface area contributed by atoms with Gasteiger partial charge in [0, 0.05) is 6.20 Å². The van der Waals surface area contributed by atoms with Crippen LogP contribution in [0.2, 0.25) is 0 Å². The first-order chi connectivity index (χ1) is 3.39. The Morgan fingerprint density at radius 2 is 1.90 bits per heavy atom. The zero-order chi connectivity index (χ0) is 5.11. The highest BCUT2D eigenvalue weighted by Gasteiger charge is 1.88. The largest absolute Gasteiger partial charge is 0.293 e. The minimum Gasteiger partial charge on any atom is -0.293 e. The highest BCUT2D eigenvalue weighted by atomic mass is 35.5. The van der Waals surface area contributed by atoms with Crippen LogP contribution in [-0.4, -0.2) is 11.7 Å². The van der Waals surface area contributed by atoms with E-state index in [1.807, 2.05) is 0 Å². The van der Waals surface area contributed by atoms with Gasteiger partial charge in [-0.15, -0.1) is 37.2 Å². The molecule has 1 heterocycles. The molecule has 7 heteroatoms. The first-order valence-corrected chi connectivity index (χ1v) is 1.94. The number of rotatable bonds is 0. The van der Waals surface area contributed by atoms with Crippen LogP contribution in [0.3, 0.4) is 0 Å². The van der Waals surface area contributed by atoms with E-state index in [9.17, 15) is 0 Å². The molecule has 4 nitrogen and oxygen atoms in total. The molecule has 0 amide bonds. The summed E-state index contributed by atoms with van der Waals surface area (Å²) in [6.45, 7) is 0.469. The Labute approximate surface area is 77.7 Å². The van der Waals surface area contributed by atoms with Crippen LogP contribution < -0.4 is 5.84 Å². The highest BCUT2D eigenvalue weighted by molar-refractivity contribution is 5.86. The summed E-state index contributed by atoms with van der Waals surface area (Å²) in [6, 6.07) is 0. The second-order valence-electron chi connectivity index (χ2n) is 1.21. The van der Waals surface area contributed by atoms with Gasteiger partial charge >= 0.3 is 0 Å². The Kier molecular flexibility index (Phi) is 14.8. The fourth-order valence-corrected chi connectivity index (χ4v) is 0.319. The molecule has 0 unspecified atom stereocenters. The molecule has 0 bridgehead atoms. The summed E-state index contributed by atoms with van der Waals surface area (Å²) in [6.07, 6.45) is 3.20. The van der Waals surface area contributed by atoms with Crippen molar-refractivity contribution in [1.29, 1.82) is 0 Å². The topological polar surface area (TPSA) is 54.0 Å². The molecule has 0 atom stereocenters. The van der Waals surface area contributed by atoms with Gasteiger partial charge in [0.2, 0.25) is 0 Å². The SMILES string of the molecule is Cl.Cl.Cl.NN1C=CN=NC1. The van der Waals surface area contributed by atoms with Gasteiger partial charge in [-0.2, -0.15) is 10.2 Å². The number of halogens is 3. The van der Waals surface area contributed by atoms with Crippen molar-refractivity contribution in [3.63, 3.8) is 0 Å². The second-order valence-corrected chi connectivity index (χ2v) is 1.21. The lowest BCUT2D eigenvalue weighted by Crippen LogP contribution is -2.25. The molecule has 0 saturated carbocycles. The van der Waals surface area contributed by atoms with Crippen molar-refractivity contribution in [2.45, 2.75) is 0 Å². The van der Waals surface area contributed by atoms with Crippen LogP contribution in [0, 0.1) is 0 Å². The number of azo groups is 1. The smallest absolute Gasteiger partial charge is 0.145 e. The Balaban J connectivity index is -0.000000163. The minimum atomic E-state index is 0. The zero-order valence-corrected chi connectivity index (χ0v) is 7.46. The summed E-state index contributed by atoms with van der Waals surface area (Å²) in [5.41, 5.74) is 0. The van der Waals surface area contributed by atoms with E-state index in [0.29, 0.717) is 6.67 Å². The van der Waals surface area contributed by atoms with Gasteiger partial charge in [0.15, 0.2) is 0 Å². The van der Waals surface area contributed by atoms with E-state index in [1.54, 1.807) is 12.4 Å². The average molecular weight is 207 g/mol. The normalized spacial score (nSPS) is 12.7. The molecule has 0 saturated heterocycles. The molecule has 0 aromatic heterocycles. The fourth-order valence-electron chi connectivity index (χ4n) is 0.319. The van der Waals surface area contributed by atoms with Gasteiger partial charge < -0.3 is 0 Å². The van der Waals surface area contributed by atoms with Crippen LogP contribution in [0.1, 0.15) is 0 Å². The first-order valence-electron chi connectivity index (χ1n) is 1.94. The quantitative estimate of drug-likeness (QED) is 0.609. The van der Waals surface area contributed by atoms with Crippen LogP contribution in [0.4, 0.5) is 0 Å². The molecule has 2 N–H and O–H groups in total. The van der Waals surface area contributed by atoms with Gasteiger partial charge in [-0.05, 0) is 0 Å². The van der Waals surface area contributed by atoms with E-state index in [-0.39, 0.29) is 37.2 Å². The maximum Gasteiger partial charge on any atom is 0.145 e. The number of nitrogens with two attached hydrogens (primary N) is 1. The predicted octanol–water partition coefficient (Wildman–Crippen LogP) is 1.32. The molecule has 0 aliphatic carbocycles. The van der Waals surface area contributed by atoms with E-state index in [1.165, 1.54) is 5.01 Å². The van der Waals surface area contributed by atoms with Crippen molar-refractivity contribution in [2.75, 3.05) is 6.67 Å². The Bertz CT molecular complexity index is 114. The van der Waals surface area contributed by atoms with Gasteiger partial charge in [-0.1, -0.05) is 0 Å². The average Bonchev–Trinajstić information content (AvgIpc) is 1.69. The van der Waals surface area contributed by atoms with Crippen LogP contribution in [0.25, 0.3) is 0 Å². The van der Waals surface area contributed by atoms with Crippen molar-refractivity contribution >= 4 is 37.2 Å². The molecule has 0 aromatic rings. The van der Waals surface area contributed by atoms with Crippen molar-refractivity contribution in [3.8, 4) is 0 Å². The van der Waals surface area contributed by atoms with Gasteiger partial charge in [-0.3, -0.25) is 5.01 Å². The van der Waals surface area contributed by atoms with E-state index >= 15 is 0 Å². The molecule has 0 fully saturated rings. The van der Waals surface area contributed by atoms with E-state index in [4.69, 9.17) is 5.84 Å². The summed E-state index contributed by atoms with van der Waals surface area (Å²) < 4.78 is 0. The highest BCUT2D eigenvalue weighted by Crippen LogP contribution is 1.89. The zero-order valence-electron chi connectivity index (χ0n) is 5.01. The molecular weight excluding hydrogens is 198 g/mol. The Morgan fingerprint density at radius 3 is 2.10 bits per heavy atom. The molecule has 62 valence electrons. The van der Waals surface area contributed by atoms with Crippen molar-refractivity contribution in [1.82, 2.24) is 5.01 Å². The van der Waals surface area contributed by atoms with Gasteiger partial charge in [0.25, 0.3) is 0 Å². The van der Waals surface area contributed by atoms with E-state index < -0.39 is 0 Å². The van der Waals surface area contributed by atoms with E-state index in [0.717, 1.165) is 0 Å². The summed E-state index contributed by atoms with van der Waals surface area (Å²) >= 11 is 0. The second kappa shape index (κ2) is 8.97. The van der Waals surface area contributed by atoms with Crippen LogP contribution in [0.5, 0.6) is 0 Å². The third-order valence-electron chi connectivity index (χ3n) is 0.633. The molecule has 1 aliphatic rings. The van der Waals surface area contributed by atoms with Crippen molar-refractivity contribution in [2.24, 2.45) is 16.1 Å². The number of hydrogen-bond acceptors (Lipinski definition) is 4. The molecule has 10 heavy (non-hydrogen) atoms. The number of hydrogen-bond donors (Lipinski definition) is 1. The predicted molar refractivity (Wildman–Crippen MR) is 46.6 cm³/mol. The van der Waals surface area contributed by atoms with Crippen molar-refractivity contribution in [3.05, 3.63) is 12.4 Å². The lowest BCUT2D eigenvalue weighted by atomic mass is 10.8. The summed E-state index contributed by atoms with van der Waals surface area (Å²) in [4.78, 5) is 0.